The van der Waals surface area contributed by atoms with E-state index in [2.05, 4.69) is 10.3 Å². The molecule has 2 amide bonds. The van der Waals surface area contributed by atoms with E-state index in [9.17, 15) is 24.3 Å². The van der Waals surface area contributed by atoms with Gasteiger partial charge in [0.2, 0.25) is 5.91 Å². The molecule has 0 aromatic carbocycles. The first kappa shape index (κ1) is 25.1. The predicted molar refractivity (Wildman–Crippen MR) is 110 cm³/mol. The van der Waals surface area contributed by atoms with Gasteiger partial charge in [0, 0.05) is 6.42 Å². The molecule has 0 bridgehead atoms. The monoisotopic (exact) mass is 454 g/mol. The van der Waals surface area contributed by atoms with Gasteiger partial charge >= 0.3 is 18.2 Å². The Morgan fingerprint density at radius 1 is 1.12 bits per heavy atom. The summed E-state index contributed by atoms with van der Waals surface area (Å²) in [7, 11) is 0. The summed E-state index contributed by atoms with van der Waals surface area (Å²) in [6, 6.07) is -2.70. The van der Waals surface area contributed by atoms with Crippen molar-refractivity contribution in [1.29, 1.82) is 0 Å². The van der Waals surface area contributed by atoms with Gasteiger partial charge < -0.3 is 25.0 Å². The Kier molecular flexibility index (Phi) is 7.18. The summed E-state index contributed by atoms with van der Waals surface area (Å²) in [5, 5.41) is 20.5. The molecule has 178 valence electrons. The van der Waals surface area contributed by atoms with E-state index in [0.29, 0.717) is 11.4 Å². The second-order valence-electron chi connectivity index (χ2n) is 9.40. The van der Waals surface area contributed by atoms with E-state index in [1.54, 1.807) is 41.5 Å². The van der Waals surface area contributed by atoms with Gasteiger partial charge in [-0.25, -0.2) is 23.9 Å². The second-order valence-corrected chi connectivity index (χ2v) is 9.40. The van der Waals surface area contributed by atoms with Crippen molar-refractivity contribution in [3.05, 3.63) is 17.7 Å². The number of imidazole rings is 1. The third-order valence-corrected chi connectivity index (χ3v) is 4.35. The van der Waals surface area contributed by atoms with Crippen LogP contribution in [0.2, 0.25) is 0 Å². The number of fused-ring (bicyclic) bond motifs is 1. The van der Waals surface area contributed by atoms with Crippen molar-refractivity contribution in [1.82, 2.24) is 19.8 Å². The van der Waals surface area contributed by atoms with Crippen LogP contribution in [0, 0.1) is 0 Å². The van der Waals surface area contributed by atoms with Gasteiger partial charge in [-0.2, -0.15) is 0 Å². The first-order valence-corrected chi connectivity index (χ1v) is 10.0. The predicted octanol–water partition coefficient (Wildman–Crippen LogP) is 0.890. The zero-order chi connectivity index (χ0) is 24.4. The largest absolute Gasteiger partial charge is 0.480 e. The van der Waals surface area contributed by atoms with Crippen LogP contribution in [0.25, 0.3) is 0 Å². The van der Waals surface area contributed by atoms with Crippen molar-refractivity contribution >= 4 is 24.1 Å². The summed E-state index contributed by atoms with van der Waals surface area (Å²) in [5.41, 5.74) is -0.886. The zero-order valence-corrected chi connectivity index (χ0v) is 19.0. The molecule has 1 aromatic rings. The molecule has 1 aliphatic rings. The first-order chi connectivity index (χ1) is 14.6. The van der Waals surface area contributed by atoms with Crippen LogP contribution in [0.5, 0.6) is 0 Å². The molecule has 12 nitrogen and oxygen atoms in total. The van der Waals surface area contributed by atoms with Crippen molar-refractivity contribution in [3.63, 3.8) is 0 Å². The molecule has 0 spiro atoms. The molecule has 0 fully saturated rings. The van der Waals surface area contributed by atoms with Crippen LogP contribution in [0.15, 0.2) is 6.33 Å². The molecule has 0 saturated carbocycles. The van der Waals surface area contributed by atoms with Crippen LogP contribution >= 0.6 is 0 Å². The number of carbonyl (C=O) groups is 4. The number of aliphatic hydroxyl groups excluding tert-OH is 1. The maximum atomic E-state index is 12.9. The fourth-order valence-electron chi connectivity index (χ4n) is 2.98. The molecule has 3 N–H and O–H groups in total. The summed E-state index contributed by atoms with van der Waals surface area (Å²) in [5.74, 6) is -2.22. The van der Waals surface area contributed by atoms with Gasteiger partial charge in [-0.15, -0.1) is 0 Å². The van der Waals surface area contributed by atoms with Gasteiger partial charge in [-0.1, -0.05) is 0 Å². The SMILES string of the molecule is CC(C)(C)OC(=O)N1Cc2c(ncn2C(=O)OC(C)(C)C)C[C@H]1C(=O)N[C@@H](CO)C(=O)O. The third-order valence-electron chi connectivity index (χ3n) is 4.35. The fraction of sp³-hybridized carbons (Fsp3) is 0.650. The van der Waals surface area contributed by atoms with Crippen molar-refractivity contribution in [2.24, 2.45) is 0 Å². The molecule has 2 heterocycles. The molecule has 0 unspecified atom stereocenters. The smallest absolute Gasteiger partial charge is 0.420 e. The fourth-order valence-corrected chi connectivity index (χ4v) is 2.98. The molecular weight excluding hydrogens is 424 g/mol. The second kappa shape index (κ2) is 9.15. The van der Waals surface area contributed by atoms with Gasteiger partial charge in [0.15, 0.2) is 0 Å². The Balaban J connectivity index is 2.39. The zero-order valence-electron chi connectivity index (χ0n) is 19.0. The van der Waals surface area contributed by atoms with Crippen LogP contribution in [-0.2, 0) is 32.0 Å². The first-order valence-electron chi connectivity index (χ1n) is 10.0. The highest BCUT2D eigenvalue weighted by Gasteiger charge is 2.41. The van der Waals surface area contributed by atoms with E-state index in [4.69, 9.17) is 14.6 Å². The summed E-state index contributed by atoms with van der Waals surface area (Å²) < 4.78 is 11.9. The standard InChI is InChI=1S/C20H30N4O8/c1-19(2,3)31-17(29)23-8-14-11(21-10-24(14)18(30)32-20(4,5)6)7-13(23)15(26)22-12(9-25)16(27)28/h10,12-13,25H,7-9H2,1-6H3,(H,22,26)(H,27,28)/t12-,13-/m0/s1. The highest BCUT2D eigenvalue weighted by Crippen LogP contribution is 2.26. The Labute approximate surface area is 185 Å². The van der Waals surface area contributed by atoms with Crippen LogP contribution in [-0.4, -0.2) is 78.6 Å². The van der Waals surface area contributed by atoms with Crippen molar-refractivity contribution < 1.29 is 38.9 Å². The molecule has 0 saturated heterocycles. The molecule has 12 heteroatoms. The van der Waals surface area contributed by atoms with E-state index < -0.39 is 54.0 Å². The van der Waals surface area contributed by atoms with Crippen molar-refractivity contribution in [3.8, 4) is 0 Å². The number of carbonyl (C=O) groups excluding carboxylic acids is 3. The lowest BCUT2D eigenvalue weighted by Crippen LogP contribution is -2.57. The highest BCUT2D eigenvalue weighted by atomic mass is 16.6. The number of nitrogens with zero attached hydrogens (tertiary/aromatic N) is 3. The number of hydrogen-bond donors (Lipinski definition) is 3. The van der Waals surface area contributed by atoms with Crippen LogP contribution in [0.1, 0.15) is 52.9 Å². The minimum absolute atomic E-state index is 0.0893. The minimum Gasteiger partial charge on any atom is -0.480 e. The van der Waals surface area contributed by atoms with E-state index >= 15 is 0 Å². The topological polar surface area (TPSA) is 160 Å². The van der Waals surface area contributed by atoms with Gasteiger partial charge in [0.05, 0.1) is 24.5 Å². The molecule has 0 aliphatic carbocycles. The van der Waals surface area contributed by atoms with Crippen LogP contribution < -0.4 is 5.32 Å². The molecular formula is C20H30N4O8. The van der Waals surface area contributed by atoms with Gasteiger partial charge in [-0.05, 0) is 41.5 Å². The summed E-state index contributed by atoms with van der Waals surface area (Å²) >= 11 is 0. The number of nitrogens with one attached hydrogen (secondary N) is 1. The number of carboxylic acid groups (broad SMARTS) is 1. The third kappa shape index (κ3) is 6.19. The molecule has 2 atom stereocenters. The van der Waals surface area contributed by atoms with Crippen molar-refractivity contribution in [2.45, 2.75) is 77.8 Å². The molecule has 32 heavy (non-hydrogen) atoms. The summed E-state index contributed by atoms with van der Waals surface area (Å²) in [6.07, 6.45) is -0.353. The number of amides is 2. The van der Waals surface area contributed by atoms with Crippen LogP contribution in [0.3, 0.4) is 0 Å². The number of rotatable bonds is 4. The van der Waals surface area contributed by atoms with E-state index in [1.165, 1.54) is 10.9 Å². The summed E-state index contributed by atoms with van der Waals surface area (Å²) in [4.78, 5) is 54.7. The number of aliphatic carboxylic acids is 1. The molecule has 2 rings (SSSR count). The average Bonchev–Trinajstić information content (AvgIpc) is 3.04. The Bertz CT molecular complexity index is 896. The van der Waals surface area contributed by atoms with Gasteiger partial charge in [-0.3, -0.25) is 9.69 Å². The Morgan fingerprint density at radius 2 is 1.69 bits per heavy atom. The Morgan fingerprint density at radius 3 is 2.19 bits per heavy atom. The normalized spacial score (nSPS) is 17.2. The average molecular weight is 454 g/mol. The minimum atomic E-state index is -1.54. The maximum absolute atomic E-state index is 12.9. The number of aliphatic hydroxyl groups is 1. The van der Waals surface area contributed by atoms with E-state index in [1.807, 2.05) is 0 Å². The molecule has 0 radical (unpaired) electrons. The van der Waals surface area contributed by atoms with Gasteiger partial charge in [0.25, 0.3) is 0 Å². The number of ether oxygens (including phenoxy) is 2. The van der Waals surface area contributed by atoms with E-state index in [-0.39, 0.29) is 13.0 Å². The maximum Gasteiger partial charge on any atom is 0.420 e. The molecule has 1 aliphatic heterocycles. The van der Waals surface area contributed by atoms with E-state index in [0.717, 1.165) is 4.90 Å². The number of hydrogen-bond acceptors (Lipinski definition) is 8. The lowest BCUT2D eigenvalue weighted by atomic mass is 10.0. The molecule has 1 aromatic heterocycles. The lowest BCUT2D eigenvalue weighted by Gasteiger charge is -2.36. The van der Waals surface area contributed by atoms with Crippen LogP contribution in [0.4, 0.5) is 9.59 Å². The van der Waals surface area contributed by atoms with Crippen molar-refractivity contribution in [2.75, 3.05) is 6.61 Å². The van der Waals surface area contributed by atoms with Gasteiger partial charge in [0.1, 0.15) is 29.6 Å². The summed E-state index contributed by atoms with van der Waals surface area (Å²) in [6.45, 7) is 9.09. The number of carboxylic acids is 1. The Hall–Kier alpha value is -3.15. The number of aromatic nitrogens is 2. The lowest BCUT2D eigenvalue weighted by molar-refractivity contribution is -0.143. The highest BCUT2D eigenvalue weighted by molar-refractivity contribution is 5.90. The quantitative estimate of drug-likeness (QED) is 0.600.